The third kappa shape index (κ3) is 2.69. The van der Waals surface area contributed by atoms with Gasteiger partial charge >= 0.3 is 0 Å². The van der Waals surface area contributed by atoms with Crippen LogP contribution in [0.25, 0.3) is 0 Å². The second-order valence-electron chi connectivity index (χ2n) is 4.72. The van der Waals surface area contributed by atoms with E-state index in [0.29, 0.717) is 5.56 Å². The molecule has 0 aliphatic carbocycles. The highest BCUT2D eigenvalue weighted by Crippen LogP contribution is 2.21. The Morgan fingerprint density at radius 2 is 2.26 bits per heavy atom. The zero-order valence-corrected chi connectivity index (χ0v) is 11.0. The van der Waals surface area contributed by atoms with Crippen molar-refractivity contribution in [2.24, 2.45) is 5.73 Å². The molecule has 5 nitrogen and oxygen atoms in total. The van der Waals surface area contributed by atoms with E-state index in [4.69, 9.17) is 11.0 Å². The molecule has 1 fully saturated rings. The molecule has 0 spiro atoms. The molecule has 100 valence electrons. The number of rotatable bonds is 2. The van der Waals surface area contributed by atoms with Crippen LogP contribution in [0, 0.1) is 11.3 Å². The Morgan fingerprint density at radius 1 is 1.47 bits per heavy atom. The molecule has 5 heteroatoms. The monoisotopic (exact) mass is 258 g/mol. The number of amides is 1. The van der Waals surface area contributed by atoms with Crippen LogP contribution in [0.15, 0.2) is 24.3 Å². The van der Waals surface area contributed by atoms with Gasteiger partial charge in [0.1, 0.15) is 6.04 Å². The van der Waals surface area contributed by atoms with Gasteiger partial charge in [0.2, 0.25) is 5.91 Å². The fourth-order valence-electron chi connectivity index (χ4n) is 2.42. The normalized spacial score (nSPS) is 20.1. The number of hydrogen-bond donors (Lipinski definition) is 1. The Labute approximate surface area is 113 Å². The zero-order chi connectivity index (χ0) is 13.8. The van der Waals surface area contributed by atoms with Crippen LogP contribution in [0.1, 0.15) is 12.0 Å². The van der Waals surface area contributed by atoms with Crippen LogP contribution in [0.5, 0.6) is 0 Å². The minimum absolute atomic E-state index is 0.0439. The lowest BCUT2D eigenvalue weighted by molar-refractivity contribution is -0.130. The van der Waals surface area contributed by atoms with Gasteiger partial charge in [-0.05, 0) is 24.6 Å². The Balaban J connectivity index is 2.35. The minimum atomic E-state index is -0.346. The van der Waals surface area contributed by atoms with Crippen molar-refractivity contribution in [1.82, 2.24) is 4.90 Å². The van der Waals surface area contributed by atoms with Crippen molar-refractivity contribution in [1.29, 1.82) is 5.26 Å². The average Bonchev–Trinajstić information content (AvgIpc) is 2.59. The molecule has 2 rings (SSSR count). The van der Waals surface area contributed by atoms with Crippen molar-refractivity contribution in [3.63, 3.8) is 0 Å². The van der Waals surface area contributed by atoms with Crippen LogP contribution in [0.3, 0.4) is 0 Å². The fraction of sp³-hybridized carbons (Fsp3) is 0.429. The lowest BCUT2D eigenvalue weighted by Crippen LogP contribution is -2.49. The Morgan fingerprint density at radius 3 is 2.95 bits per heavy atom. The van der Waals surface area contributed by atoms with Crippen molar-refractivity contribution in [2.45, 2.75) is 12.5 Å². The van der Waals surface area contributed by atoms with E-state index in [-0.39, 0.29) is 18.5 Å². The quantitative estimate of drug-likeness (QED) is 0.841. The maximum atomic E-state index is 12.3. The van der Waals surface area contributed by atoms with Gasteiger partial charge in [-0.25, -0.2) is 0 Å². The van der Waals surface area contributed by atoms with Gasteiger partial charge < -0.3 is 15.5 Å². The highest BCUT2D eigenvalue weighted by Gasteiger charge is 2.30. The van der Waals surface area contributed by atoms with E-state index in [0.717, 1.165) is 25.2 Å². The molecule has 1 atom stereocenters. The van der Waals surface area contributed by atoms with Crippen molar-refractivity contribution >= 4 is 11.6 Å². The summed E-state index contributed by atoms with van der Waals surface area (Å²) in [5, 5.41) is 8.96. The predicted molar refractivity (Wildman–Crippen MR) is 73.6 cm³/mol. The first-order valence-electron chi connectivity index (χ1n) is 6.39. The van der Waals surface area contributed by atoms with Gasteiger partial charge in [0, 0.05) is 32.4 Å². The lowest BCUT2D eigenvalue weighted by Gasteiger charge is -2.30. The van der Waals surface area contributed by atoms with Crippen molar-refractivity contribution in [3.05, 3.63) is 29.8 Å². The molecule has 1 heterocycles. The van der Waals surface area contributed by atoms with Gasteiger partial charge in [0.05, 0.1) is 11.6 Å². The second-order valence-corrected chi connectivity index (χ2v) is 4.72. The minimum Gasteiger partial charge on any atom is -0.358 e. The molecular formula is C14H18N4O. The number of benzene rings is 1. The van der Waals surface area contributed by atoms with Gasteiger partial charge in [0.15, 0.2) is 0 Å². The first-order valence-corrected chi connectivity index (χ1v) is 6.39. The third-order valence-corrected chi connectivity index (χ3v) is 3.46. The summed E-state index contributed by atoms with van der Waals surface area (Å²) < 4.78 is 0. The van der Waals surface area contributed by atoms with Crippen LogP contribution >= 0.6 is 0 Å². The molecule has 1 aliphatic rings. The number of carbonyl (C=O) groups is 1. The molecule has 0 saturated carbocycles. The number of nitrogens with zero attached hydrogens (tertiary/aromatic N) is 3. The molecule has 0 aromatic heterocycles. The van der Waals surface area contributed by atoms with E-state index in [1.165, 1.54) is 0 Å². The van der Waals surface area contributed by atoms with Crippen molar-refractivity contribution in [2.75, 3.05) is 31.6 Å². The highest BCUT2D eigenvalue weighted by atomic mass is 16.2. The van der Waals surface area contributed by atoms with Gasteiger partial charge in [-0.15, -0.1) is 0 Å². The summed E-state index contributed by atoms with van der Waals surface area (Å²) >= 11 is 0. The maximum Gasteiger partial charge on any atom is 0.246 e. The Bertz CT molecular complexity index is 508. The van der Waals surface area contributed by atoms with E-state index in [1.54, 1.807) is 24.1 Å². The number of nitriles is 1. The summed E-state index contributed by atoms with van der Waals surface area (Å²) in [6.07, 6.45) is 0.898. The van der Waals surface area contributed by atoms with E-state index >= 15 is 0 Å². The molecule has 1 aromatic carbocycles. The average molecular weight is 258 g/mol. The van der Waals surface area contributed by atoms with Crippen molar-refractivity contribution < 1.29 is 4.79 Å². The first-order chi connectivity index (χ1) is 9.17. The second kappa shape index (κ2) is 5.72. The summed E-state index contributed by atoms with van der Waals surface area (Å²) in [6.45, 7) is 1.79. The molecule has 1 amide bonds. The van der Waals surface area contributed by atoms with Crippen LogP contribution in [-0.2, 0) is 4.79 Å². The fourth-order valence-corrected chi connectivity index (χ4v) is 2.42. The van der Waals surface area contributed by atoms with Crippen LogP contribution in [0.2, 0.25) is 0 Å². The summed E-state index contributed by atoms with van der Waals surface area (Å²) in [5.74, 6) is 0.0439. The van der Waals surface area contributed by atoms with Gasteiger partial charge in [-0.3, -0.25) is 4.79 Å². The first kappa shape index (κ1) is 13.4. The number of nitrogens with two attached hydrogens (primary N) is 1. The molecule has 19 heavy (non-hydrogen) atoms. The molecule has 1 aliphatic heterocycles. The maximum absolute atomic E-state index is 12.3. The largest absolute Gasteiger partial charge is 0.358 e. The SMILES string of the molecule is CN1CCCN(c2cccc(C#N)c2)C(CN)C1=O. The van der Waals surface area contributed by atoms with E-state index in [2.05, 4.69) is 6.07 Å². The molecule has 1 aromatic rings. The number of carbonyl (C=O) groups excluding carboxylic acids is 1. The van der Waals surface area contributed by atoms with Crippen molar-refractivity contribution in [3.8, 4) is 6.07 Å². The number of hydrogen-bond acceptors (Lipinski definition) is 4. The molecular weight excluding hydrogens is 240 g/mol. The summed E-state index contributed by atoms with van der Waals surface area (Å²) in [5.41, 5.74) is 7.25. The standard InChI is InChI=1S/C14H18N4O/c1-17-6-3-7-18(13(10-16)14(17)19)12-5-2-4-11(8-12)9-15/h2,4-5,8,13H,3,6-7,10,16H2,1H3. The van der Waals surface area contributed by atoms with E-state index < -0.39 is 0 Å². The Kier molecular flexibility index (Phi) is 4.03. The van der Waals surface area contributed by atoms with Crippen LogP contribution in [0.4, 0.5) is 5.69 Å². The Hall–Kier alpha value is -2.06. The molecule has 2 N–H and O–H groups in total. The van der Waals surface area contributed by atoms with Crippen LogP contribution < -0.4 is 10.6 Å². The molecule has 0 bridgehead atoms. The van der Waals surface area contributed by atoms with E-state index in [1.807, 2.05) is 17.0 Å². The molecule has 0 radical (unpaired) electrons. The molecule has 1 saturated heterocycles. The number of anilines is 1. The summed E-state index contributed by atoms with van der Waals surface area (Å²) in [7, 11) is 1.81. The predicted octanol–water partition coefficient (Wildman–Crippen LogP) is 0.554. The van der Waals surface area contributed by atoms with Gasteiger partial charge in [-0.2, -0.15) is 5.26 Å². The number of likely N-dealkylation sites (N-methyl/N-ethyl adjacent to an activating group) is 1. The van der Waals surface area contributed by atoms with E-state index in [9.17, 15) is 4.79 Å². The lowest BCUT2D eigenvalue weighted by atomic mass is 10.1. The zero-order valence-electron chi connectivity index (χ0n) is 11.0. The topological polar surface area (TPSA) is 73.4 Å². The van der Waals surface area contributed by atoms with Gasteiger partial charge in [0.25, 0.3) is 0 Å². The van der Waals surface area contributed by atoms with Crippen LogP contribution in [-0.4, -0.2) is 43.5 Å². The highest BCUT2D eigenvalue weighted by molar-refractivity contribution is 5.86. The molecule has 1 unspecified atom stereocenters. The van der Waals surface area contributed by atoms with Gasteiger partial charge in [-0.1, -0.05) is 6.07 Å². The third-order valence-electron chi connectivity index (χ3n) is 3.46. The summed E-state index contributed by atoms with van der Waals surface area (Å²) in [4.78, 5) is 16.0. The smallest absolute Gasteiger partial charge is 0.246 e. The summed E-state index contributed by atoms with van der Waals surface area (Å²) in [6, 6.07) is 9.09.